The molecule has 8 nitrogen and oxygen atoms in total. The first-order valence-corrected chi connectivity index (χ1v) is 8.91. The van der Waals surface area contributed by atoms with Crippen LogP contribution in [0.5, 0.6) is 11.5 Å². The summed E-state index contributed by atoms with van der Waals surface area (Å²) >= 11 is 0. The van der Waals surface area contributed by atoms with E-state index < -0.39 is 23.7 Å². The first kappa shape index (κ1) is 20.3. The Bertz CT molecular complexity index is 1030. The second-order valence-corrected chi connectivity index (χ2v) is 6.36. The molecule has 0 fully saturated rings. The number of nitrogens with two attached hydrogens (primary N) is 1. The number of benzene rings is 2. The van der Waals surface area contributed by atoms with Crippen molar-refractivity contribution in [2.45, 2.75) is 12.5 Å². The molecule has 1 aromatic heterocycles. The summed E-state index contributed by atoms with van der Waals surface area (Å²) in [6, 6.07) is 7.81. The molecule has 152 valence electrons. The number of halogens is 1. The molecule has 0 spiro atoms. The van der Waals surface area contributed by atoms with E-state index in [1.807, 2.05) is 0 Å². The van der Waals surface area contributed by atoms with Crippen molar-refractivity contribution in [3.8, 4) is 11.5 Å². The number of amides is 1. The van der Waals surface area contributed by atoms with E-state index in [2.05, 4.69) is 10.4 Å². The standard InChI is InChI=1S/C20H21FN4O4/c1-25-17-10-15(19(26)24-16(7-8-22)20(27)28-2)18(9-12(17)11-23-25)29-14-5-3-13(21)4-6-14/h3-6,9-11,16H,7-8,22H2,1-2H3,(H,24,26). The lowest BCUT2D eigenvalue weighted by Gasteiger charge is -2.17. The Morgan fingerprint density at radius 3 is 2.66 bits per heavy atom. The van der Waals surface area contributed by atoms with Crippen molar-refractivity contribution >= 4 is 22.8 Å². The Kier molecular flexibility index (Phi) is 6.08. The lowest BCUT2D eigenvalue weighted by molar-refractivity contribution is -0.143. The van der Waals surface area contributed by atoms with E-state index in [0.717, 1.165) is 5.39 Å². The molecule has 0 bridgehead atoms. The van der Waals surface area contributed by atoms with Crippen LogP contribution in [0.25, 0.3) is 10.9 Å². The molecule has 0 aliphatic carbocycles. The van der Waals surface area contributed by atoms with Crippen molar-refractivity contribution in [2.75, 3.05) is 13.7 Å². The average molecular weight is 400 g/mol. The minimum absolute atomic E-state index is 0.191. The van der Waals surface area contributed by atoms with E-state index in [1.54, 1.807) is 30.1 Å². The summed E-state index contributed by atoms with van der Waals surface area (Å²) in [7, 11) is 2.99. The van der Waals surface area contributed by atoms with Crippen LogP contribution < -0.4 is 15.8 Å². The van der Waals surface area contributed by atoms with Gasteiger partial charge < -0.3 is 20.5 Å². The van der Waals surface area contributed by atoms with E-state index in [0.29, 0.717) is 11.3 Å². The summed E-state index contributed by atoms with van der Waals surface area (Å²) < 4.78 is 25.4. The molecular formula is C20H21FN4O4. The van der Waals surface area contributed by atoms with Crippen molar-refractivity contribution in [1.82, 2.24) is 15.1 Å². The van der Waals surface area contributed by atoms with E-state index in [9.17, 15) is 14.0 Å². The number of esters is 1. The second kappa shape index (κ2) is 8.70. The minimum Gasteiger partial charge on any atom is -0.467 e. The maximum absolute atomic E-state index is 13.2. The van der Waals surface area contributed by atoms with Gasteiger partial charge in [0, 0.05) is 12.4 Å². The lowest BCUT2D eigenvalue weighted by Crippen LogP contribution is -2.42. The molecule has 3 rings (SSSR count). The molecule has 0 saturated carbocycles. The fraction of sp³-hybridized carbons (Fsp3) is 0.250. The Morgan fingerprint density at radius 2 is 2.00 bits per heavy atom. The van der Waals surface area contributed by atoms with Gasteiger partial charge in [-0.2, -0.15) is 5.10 Å². The summed E-state index contributed by atoms with van der Waals surface area (Å²) in [6.07, 6.45) is 1.86. The summed E-state index contributed by atoms with van der Waals surface area (Å²) in [5, 5.41) is 7.57. The van der Waals surface area contributed by atoms with Gasteiger partial charge in [0.15, 0.2) is 0 Å². The van der Waals surface area contributed by atoms with Gasteiger partial charge in [0.1, 0.15) is 23.4 Å². The van der Waals surface area contributed by atoms with Crippen LogP contribution in [0.3, 0.4) is 0 Å². The zero-order chi connectivity index (χ0) is 21.0. The first-order chi connectivity index (χ1) is 13.9. The van der Waals surface area contributed by atoms with Crippen LogP contribution in [0.2, 0.25) is 0 Å². The fourth-order valence-corrected chi connectivity index (χ4v) is 2.86. The van der Waals surface area contributed by atoms with E-state index in [-0.39, 0.29) is 24.3 Å². The molecule has 3 N–H and O–H groups in total. The number of nitrogens with one attached hydrogen (secondary N) is 1. The number of hydrogen-bond acceptors (Lipinski definition) is 6. The van der Waals surface area contributed by atoms with Gasteiger partial charge in [-0.05, 0) is 49.4 Å². The highest BCUT2D eigenvalue weighted by Gasteiger charge is 2.24. The molecule has 3 aromatic rings. The highest BCUT2D eigenvalue weighted by Crippen LogP contribution is 2.30. The average Bonchev–Trinajstić information content (AvgIpc) is 3.08. The van der Waals surface area contributed by atoms with Crippen LogP contribution in [0.1, 0.15) is 16.8 Å². The zero-order valence-corrected chi connectivity index (χ0v) is 16.0. The minimum atomic E-state index is -0.890. The van der Waals surface area contributed by atoms with Crippen molar-refractivity contribution < 1.29 is 23.5 Å². The number of aryl methyl sites for hydroxylation is 1. The van der Waals surface area contributed by atoms with E-state index in [4.69, 9.17) is 15.2 Å². The van der Waals surface area contributed by atoms with Gasteiger partial charge in [0.05, 0.1) is 24.4 Å². The number of carbonyl (C=O) groups excluding carboxylic acids is 2. The van der Waals surface area contributed by atoms with Gasteiger partial charge in [0.2, 0.25) is 0 Å². The van der Waals surface area contributed by atoms with E-state index in [1.165, 1.54) is 31.4 Å². The smallest absolute Gasteiger partial charge is 0.328 e. The normalized spacial score (nSPS) is 11.9. The quantitative estimate of drug-likeness (QED) is 0.588. The predicted molar refractivity (Wildman–Crippen MR) is 104 cm³/mol. The summed E-state index contributed by atoms with van der Waals surface area (Å²) in [6.45, 7) is 0.194. The summed E-state index contributed by atoms with van der Waals surface area (Å²) in [5.41, 5.74) is 6.43. The summed E-state index contributed by atoms with van der Waals surface area (Å²) in [5.74, 6) is -0.928. The van der Waals surface area contributed by atoms with Gasteiger partial charge in [-0.15, -0.1) is 0 Å². The highest BCUT2D eigenvalue weighted by atomic mass is 19.1. The second-order valence-electron chi connectivity index (χ2n) is 6.36. The number of fused-ring (bicyclic) bond motifs is 1. The highest BCUT2D eigenvalue weighted by molar-refractivity contribution is 6.02. The van der Waals surface area contributed by atoms with Crippen LogP contribution in [0.4, 0.5) is 4.39 Å². The Balaban J connectivity index is 1.99. The van der Waals surface area contributed by atoms with Crippen LogP contribution in [-0.4, -0.2) is 41.4 Å². The number of ether oxygens (including phenoxy) is 2. The lowest BCUT2D eigenvalue weighted by atomic mass is 10.1. The molecule has 1 unspecified atom stereocenters. The van der Waals surface area contributed by atoms with Gasteiger partial charge in [0.25, 0.3) is 5.91 Å². The molecule has 0 aliphatic rings. The number of methoxy groups -OCH3 is 1. The maximum atomic E-state index is 13.2. The molecule has 0 radical (unpaired) electrons. The number of carbonyl (C=O) groups is 2. The van der Waals surface area contributed by atoms with Crippen molar-refractivity contribution in [3.05, 3.63) is 54.0 Å². The van der Waals surface area contributed by atoms with Gasteiger partial charge in [-0.25, -0.2) is 9.18 Å². The fourth-order valence-electron chi connectivity index (χ4n) is 2.86. The molecular weight excluding hydrogens is 379 g/mol. The third-order valence-electron chi connectivity index (χ3n) is 4.38. The first-order valence-electron chi connectivity index (χ1n) is 8.91. The number of hydrogen-bond donors (Lipinski definition) is 2. The molecule has 29 heavy (non-hydrogen) atoms. The van der Waals surface area contributed by atoms with Crippen LogP contribution in [-0.2, 0) is 16.6 Å². The zero-order valence-electron chi connectivity index (χ0n) is 16.0. The largest absolute Gasteiger partial charge is 0.467 e. The van der Waals surface area contributed by atoms with Crippen molar-refractivity contribution in [3.63, 3.8) is 0 Å². The third-order valence-corrected chi connectivity index (χ3v) is 4.38. The molecule has 1 atom stereocenters. The van der Waals surface area contributed by atoms with Gasteiger partial charge in [-0.1, -0.05) is 0 Å². The molecule has 0 saturated heterocycles. The maximum Gasteiger partial charge on any atom is 0.328 e. The molecule has 1 heterocycles. The SMILES string of the molecule is COC(=O)C(CCN)NC(=O)c1cc2c(cnn2C)cc1Oc1ccc(F)cc1. The Labute approximate surface area is 166 Å². The Hall–Kier alpha value is -3.46. The van der Waals surface area contributed by atoms with Gasteiger partial charge >= 0.3 is 5.97 Å². The van der Waals surface area contributed by atoms with Crippen LogP contribution in [0, 0.1) is 5.82 Å². The van der Waals surface area contributed by atoms with Gasteiger partial charge in [-0.3, -0.25) is 9.48 Å². The van der Waals surface area contributed by atoms with E-state index >= 15 is 0 Å². The number of aromatic nitrogens is 2. The van der Waals surface area contributed by atoms with Crippen molar-refractivity contribution in [2.24, 2.45) is 12.8 Å². The molecule has 9 heteroatoms. The van der Waals surface area contributed by atoms with Crippen LogP contribution >= 0.6 is 0 Å². The number of rotatable bonds is 7. The monoisotopic (exact) mass is 400 g/mol. The summed E-state index contributed by atoms with van der Waals surface area (Å²) in [4.78, 5) is 24.9. The molecule has 0 aliphatic heterocycles. The third kappa shape index (κ3) is 4.52. The Morgan fingerprint density at radius 1 is 1.28 bits per heavy atom. The topological polar surface area (TPSA) is 108 Å². The molecule has 2 aromatic carbocycles. The van der Waals surface area contributed by atoms with Crippen LogP contribution in [0.15, 0.2) is 42.6 Å². The molecule has 1 amide bonds. The number of nitrogens with zero attached hydrogens (tertiary/aromatic N) is 2. The van der Waals surface area contributed by atoms with Crippen molar-refractivity contribution in [1.29, 1.82) is 0 Å². The predicted octanol–water partition coefficient (Wildman–Crippen LogP) is 2.12.